The molecule has 0 atom stereocenters. The molecule has 6 nitrogen and oxygen atoms in total. The Morgan fingerprint density at radius 3 is 2.73 bits per heavy atom. The highest BCUT2D eigenvalue weighted by Gasteiger charge is 2.11. The third-order valence-electron chi connectivity index (χ3n) is 4.71. The van der Waals surface area contributed by atoms with Crippen molar-refractivity contribution in [3.63, 3.8) is 0 Å². The first-order valence-corrected chi connectivity index (χ1v) is 9.49. The van der Waals surface area contributed by atoms with E-state index in [4.69, 9.17) is 0 Å². The summed E-state index contributed by atoms with van der Waals surface area (Å²) in [6.45, 7) is 4.61. The molecule has 2 aromatic rings. The van der Waals surface area contributed by atoms with Gasteiger partial charge in [0.2, 0.25) is 5.95 Å². The monoisotopic (exact) mass is 355 g/mol. The average molecular weight is 355 g/mol. The van der Waals surface area contributed by atoms with E-state index in [1.807, 2.05) is 24.4 Å². The molecule has 0 aliphatic carbocycles. The van der Waals surface area contributed by atoms with Crippen molar-refractivity contribution < 1.29 is 5.11 Å². The smallest absolute Gasteiger partial charge is 0.224 e. The first-order valence-electron chi connectivity index (χ1n) is 9.49. The Balaban J connectivity index is 1.47. The number of nitrogens with one attached hydrogen (secondary N) is 1. The molecule has 1 aliphatic heterocycles. The van der Waals surface area contributed by atoms with Crippen LogP contribution in [-0.2, 0) is 6.54 Å². The van der Waals surface area contributed by atoms with Crippen molar-refractivity contribution in [2.45, 2.75) is 32.2 Å². The molecular weight excluding hydrogens is 326 g/mol. The van der Waals surface area contributed by atoms with Crippen molar-refractivity contribution in [2.75, 3.05) is 43.4 Å². The number of nitrogens with zero attached hydrogens (tertiary/aromatic N) is 4. The number of hydrogen-bond donors (Lipinski definition) is 2. The van der Waals surface area contributed by atoms with Crippen LogP contribution in [0, 0.1) is 0 Å². The van der Waals surface area contributed by atoms with Crippen LogP contribution in [-0.4, -0.2) is 53.2 Å². The Bertz CT molecular complexity index is 685. The Kier molecular flexibility index (Phi) is 6.66. The summed E-state index contributed by atoms with van der Waals surface area (Å²) in [6, 6.07) is 9.40. The van der Waals surface area contributed by atoms with Crippen LogP contribution < -0.4 is 10.2 Å². The summed E-state index contributed by atoms with van der Waals surface area (Å²) in [4.78, 5) is 13.6. The molecule has 0 bridgehead atoms. The molecule has 0 amide bonds. The fourth-order valence-corrected chi connectivity index (χ4v) is 3.31. The molecule has 140 valence electrons. The van der Waals surface area contributed by atoms with Gasteiger partial charge in [-0.1, -0.05) is 25.0 Å². The minimum absolute atomic E-state index is 0.313. The quantitative estimate of drug-likeness (QED) is 0.796. The van der Waals surface area contributed by atoms with Crippen molar-refractivity contribution in [1.82, 2.24) is 14.9 Å². The molecule has 0 saturated carbocycles. The predicted molar refractivity (Wildman–Crippen MR) is 106 cm³/mol. The van der Waals surface area contributed by atoms with Crippen molar-refractivity contribution in [1.29, 1.82) is 0 Å². The first-order chi connectivity index (χ1) is 12.7. The number of likely N-dealkylation sites (N-methyl/N-ethyl adjacent to an activating group) is 1. The van der Waals surface area contributed by atoms with Crippen LogP contribution in [0.5, 0.6) is 5.75 Å². The molecule has 1 saturated heterocycles. The predicted octanol–water partition coefficient (Wildman–Crippen LogP) is 3.11. The maximum absolute atomic E-state index is 9.55. The van der Waals surface area contributed by atoms with Crippen LogP contribution in [0.25, 0.3) is 0 Å². The normalized spacial score (nSPS) is 15.1. The lowest BCUT2D eigenvalue weighted by molar-refractivity contribution is 0.339. The molecule has 26 heavy (non-hydrogen) atoms. The van der Waals surface area contributed by atoms with Crippen LogP contribution in [0.15, 0.2) is 36.5 Å². The lowest BCUT2D eigenvalue weighted by Crippen LogP contribution is -2.27. The lowest BCUT2D eigenvalue weighted by atomic mass is 10.2. The van der Waals surface area contributed by atoms with E-state index >= 15 is 0 Å². The minimum Gasteiger partial charge on any atom is -0.508 e. The van der Waals surface area contributed by atoms with Crippen molar-refractivity contribution in [3.05, 3.63) is 42.1 Å². The van der Waals surface area contributed by atoms with E-state index in [1.165, 1.54) is 25.7 Å². The van der Waals surface area contributed by atoms with Gasteiger partial charge in [0.15, 0.2) is 0 Å². The van der Waals surface area contributed by atoms with Gasteiger partial charge in [-0.3, -0.25) is 0 Å². The standard InChI is InChI=1S/C20H29N5O/c1-24(16-17-7-6-8-18(26)15-17)14-11-22-20-21-10-9-19(23-20)25-12-4-2-3-5-13-25/h6-10,15,26H,2-5,11-14,16H2,1H3,(H,21,22,23). The Morgan fingerprint density at radius 2 is 1.96 bits per heavy atom. The highest BCUT2D eigenvalue weighted by molar-refractivity contribution is 5.42. The van der Waals surface area contributed by atoms with E-state index in [-0.39, 0.29) is 0 Å². The van der Waals surface area contributed by atoms with Gasteiger partial charge in [0, 0.05) is 38.9 Å². The van der Waals surface area contributed by atoms with Crippen molar-refractivity contribution in [2.24, 2.45) is 0 Å². The summed E-state index contributed by atoms with van der Waals surface area (Å²) in [5.41, 5.74) is 1.10. The number of phenols is 1. The van der Waals surface area contributed by atoms with E-state index < -0.39 is 0 Å². The zero-order valence-electron chi connectivity index (χ0n) is 15.6. The third-order valence-corrected chi connectivity index (χ3v) is 4.71. The fourth-order valence-electron chi connectivity index (χ4n) is 3.31. The molecule has 0 radical (unpaired) electrons. The van der Waals surface area contributed by atoms with Gasteiger partial charge < -0.3 is 20.2 Å². The minimum atomic E-state index is 0.313. The summed E-state index contributed by atoms with van der Waals surface area (Å²) in [5.74, 6) is 2.03. The van der Waals surface area contributed by atoms with E-state index in [2.05, 4.69) is 32.1 Å². The summed E-state index contributed by atoms with van der Waals surface area (Å²) < 4.78 is 0. The first kappa shape index (κ1) is 18.5. The summed E-state index contributed by atoms with van der Waals surface area (Å²) in [6.07, 6.45) is 6.96. The molecule has 0 spiro atoms. The third kappa shape index (κ3) is 5.59. The SMILES string of the molecule is CN(CCNc1nccc(N2CCCCCC2)n1)Cc1cccc(O)c1. The molecule has 1 aliphatic rings. The van der Waals surface area contributed by atoms with Gasteiger partial charge in [-0.2, -0.15) is 4.98 Å². The van der Waals surface area contributed by atoms with Gasteiger partial charge in [-0.25, -0.2) is 4.98 Å². The zero-order valence-corrected chi connectivity index (χ0v) is 15.6. The molecule has 0 unspecified atom stereocenters. The molecule has 2 N–H and O–H groups in total. The van der Waals surface area contributed by atoms with Crippen molar-refractivity contribution >= 4 is 11.8 Å². The van der Waals surface area contributed by atoms with Crippen LogP contribution in [0.4, 0.5) is 11.8 Å². The number of anilines is 2. The second kappa shape index (κ2) is 9.38. The molecule has 1 aromatic carbocycles. The van der Waals surface area contributed by atoms with Gasteiger partial charge in [0.1, 0.15) is 11.6 Å². The summed E-state index contributed by atoms with van der Waals surface area (Å²) >= 11 is 0. The van der Waals surface area contributed by atoms with E-state index in [1.54, 1.807) is 12.1 Å². The summed E-state index contributed by atoms with van der Waals surface area (Å²) in [5, 5.41) is 12.9. The van der Waals surface area contributed by atoms with Gasteiger partial charge in [-0.15, -0.1) is 0 Å². The number of aromatic hydroxyl groups is 1. The molecule has 3 rings (SSSR count). The highest BCUT2D eigenvalue weighted by Crippen LogP contribution is 2.18. The lowest BCUT2D eigenvalue weighted by Gasteiger charge is -2.22. The van der Waals surface area contributed by atoms with Crippen LogP contribution in [0.3, 0.4) is 0 Å². The van der Waals surface area contributed by atoms with Crippen molar-refractivity contribution in [3.8, 4) is 5.75 Å². The second-order valence-corrected chi connectivity index (χ2v) is 6.97. The molecular formula is C20H29N5O. The number of benzene rings is 1. The van der Waals surface area contributed by atoms with Gasteiger partial charge in [-0.05, 0) is 43.7 Å². The van der Waals surface area contributed by atoms with Gasteiger partial charge in [0.05, 0.1) is 0 Å². The van der Waals surface area contributed by atoms with Gasteiger partial charge in [0.25, 0.3) is 0 Å². The largest absolute Gasteiger partial charge is 0.508 e. The van der Waals surface area contributed by atoms with E-state index in [0.717, 1.165) is 44.1 Å². The Hall–Kier alpha value is -2.34. The topological polar surface area (TPSA) is 64.5 Å². The maximum atomic E-state index is 9.55. The fraction of sp³-hybridized carbons (Fsp3) is 0.500. The molecule has 6 heteroatoms. The second-order valence-electron chi connectivity index (χ2n) is 6.97. The highest BCUT2D eigenvalue weighted by atomic mass is 16.3. The Morgan fingerprint density at radius 1 is 1.15 bits per heavy atom. The molecule has 1 fully saturated rings. The number of aromatic nitrogens is 2. The molecule has 1 aromatic heterocycles. The Labute approximate surface area is 155 Å². The van der Waals surface area contributed by atoms with E-state index in [0.29, 0.717) is 11.7 Å². The number of phenolic OH excluding ortho intramolecular Hbond substituents is 1. The van der Waals surface area contributed by atoms with Crippen LogP contribution in [0.2, 0.25) is 0 Å². The maximum Gasteiger partial charge on any atom is 0.224 e. The number of hydrogen-bond acceptors (Lipinski definition) is 6. The zero-order chi connectivity index (χ0) is 18.2. The average Bonchev–Trinajstić information content (AvgIpc) is 2.91. The summed E-state index contributed by atoms with van der Waals surface area (Å²) in [7, 11) is 2.07. The van der Waals surface area contributed by atoms with Crippen LogP contribution in [0.1, 0.15) is 31.2 Å². The van der Waals surface area contributed by atoms with Gasteiger partial charge >= 0.3 is 0 Å². The van der Waals surface area contributed by atoms with E-state index in [9.17, 15) is 5.11 Å². The van der Waals surface area contributed by atoms with Crippen LogP contribution >= 0.6 is 0 Å². The number of rotatable bonds is 7. The molecule has 2 heterocycles.